The third-order valence-corrected chi connectivity index (χ3v) is 2.20. The number of nitrogens with one attached hydrogen (secondary N) is 1. The third-order valence-electron chi connectivity index (χ3n) is 2.20. The van der Waals surface area contributed by atoms with Gasteiger partial charge in [0.1, 0.15) is 6.33 Å². The first kappa shape index (κ1) is 6.59. The second kappa shape index (κ2) is 2.07. The van der Waals surface area contributed by atoms with Gasteiger partial charge in [-0.15, -0.1) is 10.2 Å². The van der Waals surface area contributed by atoms with Crippen LogP contribution in [0.2, 0.25) is 0 Å². The molecular formula is C8H6N4O. The lowest BCUT2D eigenvalue weighted by Gasteiger charge is -1.95. The van der Waals surface area contributed by atoms with Crippen LogP contribution in [-0.4, -0.2) is 20.5 Å². The molecule has 5 nitrogen and oxygen atoms in total. The van der Waals surface area contributed by atoms with Crippen molar-refractivity contribution < 1.29 is 4.79 Å². The summed E-state index contributed by atoms with van der Waals surface area (Å²) in [5.74, 6) is -0.0226. The number of pyridine rings is 1. The first-order valence-electron chi connectivity index (χ1n) is 3.95. The van der Waals surface area contributed by atoms with Crippen LogP contribution in [0.4, 0.5) is 0 Å². The van der Waals surface area contributed by atoms with Crippen molar-refractivity contribution in [1.82, 2.24) is 19.9 Å². The number of aromatic nitrogens is 3. The molecule has 1 aliphatic rings. The minimum absolute atomic E-state index is 0.0226. The molecule has 0 spiro atoms. The maximum atomic E-state index is 11.3. The van der Waals surface area contributed by atoms with E-state index in [1.807, 2.05) is 6.07 Å². The number of rotatable bonds is 0. The Morgan fingerprint density at radius 3 is 3.38 bits per heavy atom. The lowest BCUT2D eigenvalue weighted by molar-refractivity contribution is 0.0965. The van der Waals surface area contributed by atoms with Crippen LogP contribution in [0.15, 0.2) is 18.6 Å². The summed E-state index contributed by atoms with van der Waals surface area (Å²) in [6.45, 7) is 0.595. The fourth-order valence-corrected chi connectivity index (χ4v) is 1.53. The maximum absolute atomic E-state index is 11.3. The van der Waals surface area contributed by atoms with Crippen molar-refractivity contribution in [2.75, 3.05) is 0 Å². The number of carbonyl (C=O) groups is 1. The van der Waals surface area contributed by atoms with Gasteiger partial charge in [-0.1, -0.05) is 0 Å². The van der Waals surface area contributed by atoms with Gasteiger partial charge in [-0.05, 0) is 11.6 Å². The minimum atomic E-state index is -0.0226. The van der Waals surface area contributed by atoms with Crippen LogP contribution < -0.4 is 5.32 Å². The predicted octanol–water partition coefficient (Wildman–Crippen LogP) is -0.0273. The van der Waals surface area contributed by atoms with E-state index in [9.17, 15) is 4.79 Å². The van der Waals surface area contributed by atoms with Crippen LogP contribution in [-0.2, 0) is 6.54 Å². The van der Waals surface area contributed by atoms with Crippen molar-refractivity contribution >= 4 is 11.6 Å². The minimum Gasteiger partial charge on any atom is -0.348 e. The highest BCUT2D eigenvalue weighted by molar-refractivity contribution is 5.98. The van der Waals surface area contributed by atoms with Crippen molar-refractivity contribution in [1.29, 1.82) is 0 Å². The predicted molar refractivity (Wildman–Crippen MR) is 44.2 cm³/mol. The summed E-state index contributed by atoms with van der Waals surface area (Å²) in [5, 5.41) is 10.4. The molecule has 0 aliphatic carbocycles. The summed E-state index contributed by atoms with van der Waals surface area (Å²) in [5.41, 5.74) is 2.48. The van der Waals surface area contributed by atoms with E-state index in [0.29, 0.717) is 12.1 Å². The molecule has 64 valence electrons. The summed E-state index contributed by atoms with van der Waals surface area (Å²) in [6.07, 6.45) is 3.34. The highest BCUT2D eigenvalue weighted by atomic mass is 16.1. The van der Waals surface area contributed by atoms with Crippen LogP contribution >= 0.6 is 0 Å². The lowest BCUT2D eigenvalue weighted by Crippen LogP contribution is -2.12. The van der Waals surface area contributed by atoms with Crippen molar-refractivity contribution in [3.8, 4) is 0 Å². The maximum Gasteiger partial charge on any atom is 0.253 e. The van der Waals surface area contributed by atoms with E-state index in [-0.39, 0.29) is 5.91 Å². The molecular weight excluding hydrogens is 168 g/mol. The van der Waals surface area contributed by atoms with Crippen LogP contribution in [0.5, 0.6) is 0 Å². The summed E-state index contributed by atoms with van der Waals surface area (Å²) in [4.78, 5) is 11.3. The van der Waals surface area contributed by atoms with E-state index in [0.717, 1.165) is 11.2 Å². The molecule has 13 heavy (non-hydrogen) atoms. The highest BCUT2D eigenvalue weighted by Crippen LogP contribution is 2.16. The molecule has 0 aromatic carbocycles. The Morgan fingerprint density at radius 1 is 1.54 bits per heavy atom. The molecule has 1 N–H and O–H groups in total. The van der Waals surface area contributed by atoms with Crippen molar-refractivity contribution in [2.45, 2.75) is 6.54 Å². The Morgan fingerprint density at radius 2 is 2.46 bits per heavy atom. The molecule has 0 atom stereocenters. The summed E-state index contributed by atoms with van der Waals surface area (Å²) in [6, 6.07) is 1.88. The first-order chi connectivity index (χ1) is 6.34. The number of fused-ring (bicyclic) bond motifs is 2. The van der Waals surface area contributed by atoms with Gasteiger partial charge >= 0.3 is 0 Å². The van der Waals surface area contributed by atoms with Crippen molar-refractivity contribution in [2.24, 2.45) is 0 Å². The standard InChI is InChI=1S/C8H6N4O/c13-8-6-3-12-4-10-11-7(12)1-5(6)2-9-8/h1,3-4H,2H2,(H,9,13). The fraction of sp³-hybridized carbons (Fsp3) is 0.125. The summed E-state index contributed by atoms with van der Waals surface area (Å²) >= 11 is 0. The quantitative estimate of drug-likeness (QED) is 0.610. The first-order valence-corrected chi connectivity index (χ1v) is 3.95. The molecule has 5 heteroatoms. The number of hydrogen-bond donors (Lipinski definition) is 1. The monoisotopic (exact) mass is 174 g/mol. The van der Waals surface area contributed by atoms with Gasteiger partial charge in [0.05, 0.1) is 5.56 Å². The zero-order valence-corrected chi connectivity index (χ0v) is 6.69. The average molecular weight is 174 g/mol. The molecule has 0 fully saturated rings. The topological polar surface area (TPSA) is 59.3 Å². The Kier molecular flexibility index (Phi) is 1.05. The fourth-order valence-electron chi connectivity index (χ4n) is 1.53. The van der Waals surface area contributed by atoms with Gasteiger partial charge in [-0.2, -0.15) is 0 Å². The number of amides is 1. The Labute approximate surface area is 73.4 Å². The van der Waals surface area contributed by atoms with Crippen LogP contribution in [0.3, 0.4) is 0 Å². The van der Waals surface area contributed by atoms with Gasteiger partial charge in [0.2, 0.25) is 0 Å². The Balaban J connectivity index is 2.40. The number of carbonyl (C=O) groups excluding carboxylic acids is 1. The van der Waals surface area contributed by atoms with E-state index in [2.05, 4.69) is 15.5 Å². The molecule has 0 unspecified atom stereocenters. The largest absolute Gasteiger partial charge is 0.348 e. The average Bonchev–Trinajstić information content (AvgIpc) is 2.70. The van der Waals surface area contributed by atoms with E-state index in [1.165, 1.54) is 0 Å². The van der Waals surface area contributed by atoms with E-state index in [4.69, 9.17) is 0 Å². The molecule has 1 amide bonds. The zero-order valence-electron chi connectivity index (χ0n) is 6.69. The lowest BCUT2D eigenvalue weighted by atomic mass is 10.2. The second-order valence-corrected chi connectivity index (χ2v) is 2.99. The van der Waals surface area contributed by atoms with E-state index >= 15 is 0 Å². The Bertz CT molecular complexity index is 502. The number of hydrogen-bond acceptors (Lipinski definition) is 3. The van der Waals surface area contributed by atoms with E-state index in [1.54, 1.807) is 16.9 Å². The Hall–Kier alpha value is -1.91. The molecule has 0 saturated heterocycles. The molecule has 0 saturated carbocycles. The van der Waals surface area contributed by atoms with Gasteiger partial charge < -0.3 is 5.32 Å². The normalized spacial score (nSPS) is 14.6. The molecule has 1 aliphatic heterocycles. The molecule has 0 radical (unpaired) electrons. The molecule has 3 heterocycles. The molecule has 0 bridgehead atoms. The second-order valence-electron chi connectivity index (χ2n) is 2.99. The van der Waals surface area contributed by atoms with Gasteiger partial charge in [-0.25, -0.2) is 0 Å². The molecule has 3 rings (SSSR count). The van der Waals surface area contributed by atoms with Crippen molar-refractivity contribution in [3.05, 3.63) is 29.7 Å². The van der Waals surface area contributed by atoms with Crippen LogP contribution in [0.1, 0.15) is 15.9 Å². The van der Waals surface area contributed by atoms with Crippen LogP contribution in [0.25, 0.3) is 5.65 Å². The summed E-state index contributed by atoms with van der Waals surface area (Å²) < 4.78 is 1.74. The third kappa shape index (κ3) is 0.780. The summed E-state index contributed by atoms with van der Waals surface area (Å²) in [7, 11) is 0. The number of nitrogens with zero attached hydrogens (tertiary/aromatic N) is 3. The van der Waals surface area contributed by atoms with Crippen LogP contribution in [0, 0.1) is 0 Å². The van der Waals surface area contributed by atoms with Gasteiger partial charge in [-0.3, -0.25) is 9.20 Å². The zero-order chi connectivity index (χ0) is 8.84. The van der Waals surface area contributed by atoms with Gasteiger partial charge in [0.25, 0.3) is 5.91 Å². The smallest absolute Gasteiger partial charge is 0.253 e. The van der Waals surface area contributed by atoms with Gasteiger partial charge in [0, 0.05) is 12.7 Å². The van der Waals surface area contributed by atoms with Gasteiger partial charge in [0.15, 0.2) is 5.65 Å². The van der Waals surface area contributed by atoms with E-state index < -0.39 is 0 Å². The highest BCUT2D eigenvalue weighted by Gasteiger charge is 2.19. The molecule has 2 aromatic rings. The SMILES string of the molecule is O=C1NCc2cc3nncn3cc21. The van der Waals surface area contributed by atoms with Crippen molar-refractivity contribution in [3.63, 3.8) is 0 Å². The molecule has 2 aromatic heterocycles.